The Morgan fingerprint density at radius 2 is 2.33 bits per heavy atom. The van der Waals surface area contributed by atoms with E-state index >= 15 is 0 Å². The number of rotatable bonds is 2. The van der Waals surface area contributed by atoms with Gasteiger partial charge in [-0.05, 0) is 24.5 Å². The molecule has 0 radical (unpaired) electrons. The van der Waals surface area contributed by atoms with Crippen molar-refractivity contribution in [2.24, 2.45) is 0 Å². The third-order valence-corrected chi connectivity index (χ3v) is 1.75. The Morgan fingerprint density at radius 3 is 2.75 bits per heavy atom. The van der Waals surface area contributed by atoms with Crippen LogP contribution in [0, 0.1) is 6.92 Å². The summed E-state index contributed by atoms with van der Waals surface area (Å²) in [6.07, 6.45) is 2.49. The molecule has 0 unspecified atom stereocenters. The fourth-order valence-electron chi connectivity index (χ4n) is 1.05. The zero-order valence-corrected chi connectivity index (χ0v) is 7.16. The van der Waals surface area contributed by atoms with E-state index < -0.39 is 5.97 Å². The van der Waals surface area contributed by atoms with Gasteiger partial charge in [-0.25, -0.2) is 9.78 Å². The predicted molar refractivity (Wildman–Crippen MR) is 45.3 cm³/mol. The molecule has 0 aromatic carbocycles. The third kappa shape index (κ3) is 1.61. The average molecular weight is 165 g/mol. The first-order valence-electron chi connectivity index (χ1n) is 3.84. The maximum Gasteiger partial charge on any atom is 0.354 e. The highest BCUT2D eigenvalue weighted by Gasteiger charge is 2.07. The molecule has 0 atom stereocenters. The molecule has 64 valence electrons. The number of carbonyl (C=O) groups is 1. The minimum atomic E-state index is -0.963. The summed E-state index contributed by atoms with van der Waals surface area (Å²) < 4.78 is 0. The van der Waals surface area contributed by atoms with Crippen molar-refractivity contribution in [3.8, 4) is 0 Å². The largest absolute Gasteiger partial charge is 0.477 e. The number of carboxylic acids is 1. The lowest BCUT2D eigenvalue weighted by Gasteiger charge is -2.01. The summed E-state index contributed by atoms with van der Waals surface area (Å²) >= 11 is 0. The van der Waals surface area contributed by atoms with Crippen molar-refractivity contribution in [3.05, 3.63) is 29.1 Å². The summed E-state index contributed by atoms with van der Waals surface area (Å²) in [5.74, 6) is -0.963. The Labute approximate surface area is 71.1 Å². The van der Waals surface area contributed by atoms with Crippen molar-refractivity contribution in [1.29, 1.82) is 0 Å². The van der Waals surface area contributed by atoms with Crippen LogP contribution in [0.25, 0.3) is 0 Å². The molecule has 0 aliphatic heterocycles. The van der Waals surface area contributed by atoms with Gasteiger partial charge in [-0.3, -0.25) is 0 Å². The lowest BCUT2D eigenvalue weighted by atomic mass is 10.1. The van der Waals surface area contributed by atoms with Crippen LogP contribution < -0.4 is 0 Å². The van der Waals surface area contributed by atoms with E-state index in [1.54, 1.807) is 13.1 Å². The van der Waals surface area contributed by atoms with E-state index in [0.29, 0.717) is 0 Å². The normalized spacial score (nSPS) is 9.83. The van der Waals surface area contributed by atoms with Gasteiger partial charge in [0.1, 0.15) is 0 Å². The summed E-state index contributed by atoms with van der Waals surface area (Å²) in [7, 11) is 0. The Morgan fingerprint density at radius 1 is 1.67 bits per heavy atom. The van der Waals surface area contributed by atoms with Crippen LogP contribution in [0.15, 0.2) is 12.3 Å². The van der Waals surface area contributed by atoms with Crippen LogP contribution >= 0.6 is 0 Å². The molecule has 1 aromatic rings. The maximum atomic E-state index is 10.6. The topological polar surface area (TPSA) is 50.2 Å². The summed E-state index contributed by atoms with van der Waals surface area (Å²) in [6.45, 7) is 3.77. The smallest absolute Gasteiger partial charge is 0.354 e. The molecular formula is C9H11NO2. The lowest BCUT2D eigenvalue weighted by molar-refractivity contribution is 0.0689. The molecule has 1 rings (SSSR count). The molecule has 0 aliphatic rings. The van der Waals surface area contributed by atoms with Crippen molar-refractivity contribution >= 4 is 5.97 Å². The number of aromatic carboxylic acids is 1. The first-order chi connectivity index (χ1) is 5.65. The molecule has 1 N–H and O–H groups in total. The molecule has 0 spiro atoms. The van der Waals surface area contributed by atoms with Crippen molar-refractivity contribution in [1.82, 2.24) is 4.98 Å². The maximum absolute atomic E-state index is 10.6. The first-order valence-corrected chi connectivity index (χ1v) is 3.84. The number of aromatic nitrogens is 1. The van der Waals surface area contributed by atoms with Gasteiger partial charge in [0.05, 0.1) is 0 Å². The zero-order chi connectivity index (χ0) is 9.14. The van der Waals surface area contributed by atoms with Gasteiger partial charge in [-0.2, -0.15) is 0 Å². The molecule has 0 bridgehead atoms. The van der Waals surface area contributed by atoms with Crippen LogP contribution in [0.3, 0.4) is 0 Å². The van der Waals surface area contributed by atoms with Crippen LogP contribution in [0.4, 0.5) is 0 Å². The minimum Gasteiger partial charge on any atom is -0.477 e. The van der Waals surface area contributed by atoms with E-state index in [2.05, 4.69) is 4.98 Å². The lowest BCUT2D eigenvalue weighted by Crippen LogP contribution is -2.03. The van der Waals surface area contributed by atoms with E-state index in [0.717, 1.165) is 17.5 Å². The molecule has 0 aliphatic carbocycles. The molecule has 3 heteroatoms. The number of aryl methyl sites for hydroxylation is 2. The molecule has 3 nitrogen and oxygen atoms in total. The SMILES string of the molecule is CCc1cnc(C(=O)O)c(C)c1. The second-order valence-electron chi connectivity index (χ2n) is 2.67. The van der Waals surface area contributed by atoms with Gasteiger partial charge < -0.3 is 5.11 Å². The Kier molecular flexibility index (Phi) is 2.43. The molecule has 1 aromatic heterocycles. The Bertz CT molecular complexity index is 307. The monoisotopic (exact) mass is 165 g/mol. The Hall–Kier alpha value is -1.38. The van der Waals surface area contributed by atoms with Gasteiger partial charge in [0, 0.05) is 6.20 Å². The van der Waals surface area contributed by atoms with Crippen LogP contribution in [0.1, 0.15) is 28.5 Å². The van der Waals surface area contributed by atoms with Crippen molar-refractivity contribution in [2.75, 3.05) is 0 Å². The summed E-state index contributed by atoms with van der Waals surface area (Å²) in [5.41, 5.74) is 1.94. The predicted octanol–water partition coefficient (Wildman–Crippen LogP) is 1.65. The van der Waals surface area contributed by atoms with Gasteiger partial charge in [0.2, 0.25) is 0 Å². The highest BCUT2D eigenvalue weighted by molar-refractivity contribution is 5.86. The number of pyridine rings is 1. The highest BCUT2D eigenvalue weighted by atomic mass is 16.4. The second kappa shape index (κ2) is 3.34. The quantitative estimate of drug-likeness (QED) is 0.724. The van der Waals surface area contributed by atoms with Crippen molar-refractivity contribution < 1.29 is 9.90 Å². The summed E-state index contributed by atoms with van der Waals surface area (Å²) in [5, 5.41) is 8.67. The van der Waals surface area contributed by atoms with Crippen LogP contribution in [0.2, 0.25) is 0 Å². The molecule has 12 heavy (non-hydrogen) atoms. The van der Waals surface area contributed by atoms with Crippen molar-refractivity contribution in [3.63, 3.8) is 0 Å². The third-order valence-electron chi connectivity index (χ3n) is 1.75. The zero-order valence-electron chi connectivity index (χ0n) is 7.16. The average Bonchev–Trinajstić information content (AvgIpc) is 2.03. The number of hydrogen-bond donors (Lipinski definition) is 1. The number of carboxylic acid groups (broad SMARTS) is 1. The van der Waals surface area contributed by atoms with Gasteiger partial charge >= 0.3 is 5.97 Å². The fourth-order valence-corrected chi connectivity index (χ4v) is 1.05. The highest BCUT2D eigenvalue weighted by Crippen LogP contribution is 2.07. The molecule has 0 fully saturated rings. The number of nitrogens with zero attached hydrogens (tertiary/aromatic N) is 1. The van der Waals surface area contributed by atoms with Crippen LogP contribution in [0.5, 0.6) is 0 Å². The van der Waals surface area contributed by atoms with Crippen LogP contribution in [-0.2, 0) is 6.42 Å². The van der Waals surface area contributed by atoms with Gasteiger partial charge in [0.15, 0.2) is 5.69 Å². The standard InChI is InChI=1S/C9H11NO2/c1-3-7-4-6(2)8(9(11)12)10-5-7/h4-5H,3H2,1-2H3,(H,11,12). The minimum absolute atomic E-state index is 0.146. The van der Waals surface area contributed by atoms with E-state index in [1.807, 2.05) is 13.0 Å². The fraction of sp³-hybridized carbons (Fsp3) is 0.333. The first kappa shape index (κ1) is 8.71. The van der Waals surface area contributed by atoms with Gasteiger partial charge in [0.25, 0.3) is 0 Å². The van der Waals surface area contributed by atoms with Crippen LogP contribution in [-0.4, -0.2) is 16.1 Å². The molecule has 0 saturated heterocycles. The van der Waals surface area contributed by atoms with Crippen molar-refractivity contribution in [2.45, 2.75) is 20.3 Å². The van der Waals surface area contributed by atoms with E-state index in [9.17, 15) is 4.79 Å². The second-order valence-corrected chi connectivity index (χ2v) is 2.67. The Balaban J connectivity index is 3.12. The molecule has 0 saturated carbocycles. The van der Waals surface area contributed by atoms with Gasteiger partial charge in [-0.1, -0.05) is 13.0 Å². The summed E-state index contributed by atoms with van der Waals surface area (Å²) in [4.78, 5) is 14.4. The van der Waals surface area contributed by atoms with E-state index in [-0.39, 0.29) is 5.69 Å². The molecular weight excluding hydrogens is 154 g/mol. The summed E-state index contributed by atoms with van der Waals surface area (Å²) in [6, 6.07) is 1.86. The molecule has 1 heterocycles. The van der Waals surface area contributed by atoms with Gasteiger partial charge in [-0.15, -0.1) is 0 Å². The molecule has 0 amide bonds. The van der Waals surface area contributed by atoms with E-state index in [4.69, 9.17) is 5.11 Å². The number of hydrogen-bond acceptors (Lipinski definition) is 2. The van der Waals surface area contributed by atoms with E-state index in [1.165, 1.54) is 0 Å².